The van der Waals surface area contributed by atoms with Gasteiger partial charge >= 0.3 is 0 Å². The zero-order valence-electron chi connectivity index (χ0n) is 11.9. The van der Waals surface area contributed by atoms with E-state index >= 15 is 0 Å². The Morgan fingerprint density at radius 3 is 2.58 bits per heavy atom. The Bertz CT molecular complexity index is 433. The fourth-order valence-corrected chi connectivity index (χ4v) is 1.55. The molecule has 19 heavy (non-hydrogen) atoms. The molecule has 0 saturated carbocycles. The van der Waals surface area contributed by atoms with Gasteiger partial charge in [0.25, 0.3) is 0 Å². The van der Waals surface area contributed by atoms with E-state index in [1.165, 1.54) is 0 Å². The second-order valence-corrected chi connectivity index (χ2v) is 4.29. The van der Waals surface area contributed by atoms with Crippen molar-refractivity contribution in [1.82, 2.24) is 10.7 Å². The smallest absolute Gasteiger partial charge is 0.206 e. The lowest BCUT2D eigenvalue weighted by molar-refractivity contribution is 0.391. The van der Waals surface area contributed by atoms with Crippen molar-refractivity contribution in [3.63, 3.8) is 0 Å². The highest BCUT2D eigenvalue weighted by atomic mass is 16.5. The van der Waals surface area contributed by atoms with Crippen molar-refractivity contribution in [3.05, 3.63) is 23.8 Å². The number of nitrogens with one attached hydrogen (secondary N) is 2. The fraction of sp³-hybridized carbons (Fsp3) is 0.462. The van der Waals surface area contributed by atoms with Crippen molar-refractivity contribution in [1.29, 1.82) is 0 Å². The highest BCUT2D eigenvalue weighted by Gasteiger charge is 2.05. The summed E-state index contributed by atoms with van der Waals surface area (Å²) in [7, 11) is 3.24. The maximum atomic E-state index is 5.41. The number of hydrogen-bond donors (Lipinski definition) is 3. The van der Waals surface area contributed by atoms with E-state index in [-0.39, 0.29) is 6.04 Å². The average molecular weight is 266 g/mol. The van der Waals surface area contributed by atoms with Gasteiger partial charge in [0.05, 0.1) is 20.8 Å². The lowest BCUT2D eigenvalue weighted by atomic mass is 10.2. The molecule has 6 nitrogen and oxygen atoms in total. The maximum Gasteiger partial charge on any atom is 0.206 e. The third-order valence-electron chi connectivity index (χ3n) is 2.46. The molecule has 1 aromatic rings. The molecule has 0 unspecified atom stereocenters. The van der Waals surface area contributed by atoms with Gasteiger partial charge in [0.15, 0.2) is 0 Å². The highest BCUT2D eigenvalue weighted by Crippen LogP contribution is 2.24. The van der Waals surface area contributed by atoms with Crippen LogP contribution >= 0.6 is 0 Å². The summed E-state index contributed by atoms with van der Waals surface area (Å²) in [5.41, 5.74) is 3.50. The average Bonchev–Trinajstić information content (AvgIpc) is 2.42. The number of guanidine groups is 1. The van der Waals surface area contributed by atoms with E-state index in [2.05, 4.69) is 15.7 Å². The Balaban J connectivity index is 2.83. The predicted octanol–water partition coefficient (Wildman–Crippen LogP) is 1.02. The van der Waals surface area contributed by atoms with E-state index in [1.54, 1.807) is 14.2 Å². The van der Waals surface area contributed by atoms with E-state index in [1.807, 2.05) is 32.0 Å². The van der Waals surface area contributed by atoms with Crippen LogP contribution in [-0.4, -0.2) is 26.2 Å². The van der Waals surface area contributed by atoms with Crippen LogP contribution in [-0.2, 0) is 6.54 Å². The Morgan fingerprint density at radius 1 is 1.32 bits per heavy atom. The SMILES string of the molecule is COc1ccc(CN=C(NN)NC(C)C)c(OC)c1. The van der Waals surface area contributed by atoms with E-state index in [0.717, 1.165) is 17.1 Å². The van der Waals surface area contributed by atoms with Gasteiger partial charge in [0.2, 0.25) is 5.96 Å². The summed E-state index contributed by atoms with van der Waals surface area (Å²) in [5, 5.41) is 3.11. The zero-order valence-corrected chi connectivity index (χ0v) is 11.9. The van der Waals surface area contributed by atoms with E-state index in [0.29, 0.717) is 12.5 Å². The van der Waals surface area contributed by atoms with Crippen LogP contribution in [0.3, 0.4) is 0 Å². The molecule has 0 aromatic heterocycles. The van der Waals surface area contributed by atoms with Crippen LogP contribution < -0.4 is 26.1 Å². The Hall–Kier alpha value is -1.95. The van der Waals surface area contributed by atoms with Crippen molar-refractivity contribution >= 4 is 5.96 Å². The van der Waals surface area contributed by atoms with Gasteiger partial charge in [-0.05, 0) is 26.0 Å². The first-order valence-electron chi connectivity index (χ1n) is 6.09. The molecule has 0 saturated heterocycles. The van der Waals surface area contributed by atoms with Crippen molar-refractivity contribution < 1.29 is 9.47 Å². The molecule has 0 amide bonds. The number of nitrogens with two attached hydrogens (primary N) is 1. The van der Waals surface area contributed by atoms with E-state index in [9.17, 15) is 0 Å². The summed E-state index contributed by atoms with van der Waals surface area (Å²) in [5.74, 6) is 7.45. The van der Waals surface area contributed by atoms with Crippen LogP contribution in [0.4, 0.5) is 0 Å². The number of benzene rings is 1. The first-order chi connectivity index (χ1) is 9.10. The molecule has 0 aliphatic rings. The number of rotatable bonds is 5. The monoisotopic (exact) mass is 266 g/mol. The number of methoxy groups -OCH3 is 2. The molecule has 0 radical (unpaired) electrons. The van der Waals surface area contributed by atoms with E-state index in [4.69, 9.17) is 15.3 Å². The van der Waals surface area contributed by atoms with Gasteiger partial charge < -0.3 is 14.8 Å². The lowest BCUT2D eigenvalue weighted by Crippen LogP contribution is -2.44. The normalized spacial score (nSPS) is 11.4. The van der Waals surface area contributed by atoms with Crippen LogP contribution in [0, 0.1) is 0 Å². The van der Waals surface area contributed by atoms with Crippen molar-refractivity contribution in [2.45, 2.75) is 26.4 Å². The standard InChI is InChI=1S/C13H22N4O2/c1-9(2)16-13(17-14)15-8-10-5-6-11(18-3)7-12(10)19-4/h5-7,9H,8,14H2,1-4H3,(H2,15,16,17). The third-order valence-corrected chi connectivity index (χ3v) is 2.46. The third kappa shape index (κ3) is 4.67. The summed E-state index contributed by atoms with van der Waals surface area (Å²) >= 11 is 0. The first-order valence-corrected chi connectivity index (χ1v) is 6.09. The minimum Gasteiger partial charge on any atom is -0.497 e. The topological polar surface area (TPSA) is 80.9 Å². The van der Waals surface area contributed by atoms with Gasteiger partial charge in [-0.2, -0.15) is 0 Å². The Labute approximate surface area is 114 Å². The molecule has 0 atom stereocenters. The van der Waals surface area contributed by atoms with E-state index < -0.39 is 0 Å². The van der Waals surface area contributed by atoms with Crippen molar-refractivity contribution in [2.75, 3.05) is 14.2 Å². The Kier molecular flexibility index (Phi) is 5.95. The number of nitrogens with zero attached hydrogens (tertiary/aromatic N) is 1. The molecule has 0 aliphatic carbocycles. The van der Waals surface area contributed by atoms with Gasteiger partial charge in [-0.15, -0.1) is 0 Å². The molecule has 0 bridgehead atoms. The maximum absolute atomic E-state index is 5.41. The molecule has 106 valence electrons. The van der Waals surface area contributed by atoms with Gasteiger partial charge in [0.1, 0.15) is 11.5 Å². The molecular formula is C13H22N4O2. The Morgan fingerprint density at radius 2 is 2.05 bits per heavy atom. The number of hydrazine groups is 1. The lowest BCUT2D eigenvalue weighted by Gasteiger charge is -2.13. The van der Waals surface area contributed by atoms with Crippen LogP contribution in [0.15, 0.2) is 23.2 Å². The molecule has 0 aliphatic heterocycles. The zero-order chi connectivity index (χ0) is 14.3. The molecule has 0 spiro atoms. The molecule has 1 rings (SSSR count). The second-order valence-electron chi connectivity index (χ2n) is 4.29. The second kappa shape index (κ2) is 7.48. The molecule has 0 heterocycles. The number of ether oxygens (including phenoxy) is 2. The molecule has 6 heteroatoms. The summed E-state index contributed by atoms with van der Waals surface area (Å²) in [4.78, 5) is 4.37. The number of hydrogen-bond acceptors (Lipinski definition) is 4. The molecule has 1 aromatic carbocycles. The molecular weight excluding hydrogens is 244 g/mol. The van der Waals surface area contributed by atoms with Crippen LogP contribution in [0.1, 0.15) is 19.4 Å². The summed E-state index contributed by atoms with van der Waals surface area (Å²) in [6.07, 6.45) is 0. The highest BCUT2D eigenvalue weighted by molar-refractivity contribution is 5.79. The summed E-state index contributed by atoms with van der Waals surface area (Å²) < 4.78 is 10.5. The molecule has 0 fully saturated rings. The van der Waals surface area contributed by atoms with Crippen LogP contribution in [0.5, 0.6) is 11.5 Å². The van der Waals surface area contributed by atoms with Crippen LogP contribution in [0.2, 0.25) is 0 Å². The summed E-state index contributed by atoms with van der Waals surface area (Å²) in [6, 6.07) is 5.88. The minimum atomic E-state index is 0.257. The van der Waals surface area contributed by atoms with Gasteiger partial charge in [-0.1, -0.05) is 0 Å². The predicted molar refractivity (Wildman–Crippen MR) is 76.3 cm³/mol. The van der Waals surface area contributed by atoms with Crippen molar-refractivity contribution in [2.24, 2.45) is 10.8 Å². The quantitative estimate of drug-likeness (QED) is 0.321. The van der Waals surface area contributed by atoms with Crippen molar-refractivity contribution in [3.8, 4) is 11.5 Å². The fourth-order valence-electron chi connectivity index (χ4n) is 1.55. The van der Waals surface area contributed by atoms with Gasteiger partial charge in [-0.25, -0.2) is 10.8 Å². The first kappa shape index (κ1) is 15.1. The van der Waals surface area contributed by atoms with Gasteiger partial charge in [0, 0.05) is 17.7 Å². The van der Waals surface area contributed by atoms with Gasteiger partial charge in [-0.3, -0.25) is 5.43 Å². The number of aliphatic imine (C=N–C) groups is 1. The van der Waals surface area contributed by atoms with Crippen LogP contribution in [0.25, 0.3) is 0 Å². The minimum absolute atomic E-state index is 0.257. The molecule has 4 N–H and O–H groups in total. The summed E-state index contributed by atoms with van der Waals surface area (Å²) in [6.45, 7) is 4.49. The largest absolute Gasteiger partial charge is 0.497 e.